The Kier molecular flexibility index (Phi) is 5.01. The van der Waals surface area contributed by atoms with Crippen molar-refractivity contribution in [1.29, 1.82) is 0 Å². The molecule has 1 atom stereocenters. The minimum atomic E-state index is -1.21. The summed E-state index contributed by atoms with van der Waals surface area (Å²) in [5.74, 6) is 2.24. The van der Waals surface area contributed by atoms with Gasteiger partial charge in [0, 0.05) is 24.2 Å². The molecule has 0 amide bonds. The molecule has 5 heteroatoms. The van der Waals surface area contributed by atoms with E-state index in [-0.39, 0.29) is 12.1 Å². The summed E-state index contributed by atoms with van der Waals surface area (Å²) in [6, 6.07) is 0.737. The predicted molar refractivity (Wildman–Crippen MR) is 59.6 cm³/mol. The van der Waals surface area contributed by atoms with Gasteiger partial charge < -0.3 is 5.73 Å². The van der Waals surface area contributed by atoms with Gasteiger partial charge in [-0.1, -0.05) is 5.92 Å². The van der Waals surface area contributed by atoms with Gasteiger partial charge in [0.05, 0.1) is 6.54 Å². The number of rotatable bonds is 4. The van der Waals surface area contributed by atoms with Crippen LogP contribution in [-0.4, -0.2) is 13.1 Å². The van der Waals surface area contributed by atoms with Crippen LogP contribution in [0.4, 0.5) is 13.2 Å². The maximum Gasteiger partial charge on any atom is 0.161 e. The minimum Gasteiger partial charge on any atom is -0.329 e. The van der Waals surface area contributed by atoms with Gasteiger partial charge in [0.1, 0.15) is 5.82 Å². The lowest BCUT2D eigenvalue weighted by Crippen LogP contribution is -2.29. The minimum absolute atomic E-state index is 0.00398. The highest BCUT2D eigenvalue weighted by Gasteiger charge is 2.16. The Balaban J connectivity index is 2.93. The second-order valence-corrected chi connectivity index (χ2v) is 3.38. The average molecular weight is 242 g/mol. The van der Waals surface area contributed by atoms with Gasteiger partial charge >= 0.3 is 0 Å². The van der Waals surface area contributed by atoms with Crippen LogP contribution < -0.4 is 11.1 Å². The van der Waals surface area contributed by atoms with Crippen LogP contribution in [-0.2, 0) is 0 Å². The fraction of sp³-hybridized carbons (Fsp3) is 0.333. The van der Waals surface area contributed by atoms with Crippen LogP contribution in [0.25, 0.3) is 0 Å². The van der Waals surface area contributed by atoms with E-state index in [0.29, 0.717) is 12.6 Å². The maximum absolute atomic E-state index is 13.4. The molecule has 3 N–H and O–H groups in total. The van der Waals surface area contributed by atoms with Crippen LogP contribution in [0.5, 0.6) is 0 Å². The molecule has 0 aliphatic rings. The van der Waals surface area contributed by atoms with Gasteiger partial charge in [-0.2, -0.15) is 0 Å². The van der Waals surface area contributed by atoms with Crippen LogP contribution in [0.1, 0.15) is 18.5 Å². The number of nitrogens with one attached hydrogen (secondary N) is 1. The van der Waals surface area contributed by atoms with Crippen molar-refractivity contribution in [3.8, 4) is 11.8 Å². The van der Waals surface area contributed by atoms with Crippen molar-refractivity contribution in [2.75, 3.05) is 13.1 Å². The normalized spacial score (nSPS) is 11.8. The Morgan fingerprint density at radius 3 is 2.47 bits per heavy atom. The van der Waals surface area contributed by atoms with Gasteiger partial charge in [-0.05, 0) is 13.0 Å². The average Bonchev–Trinajstić information content (AvgIpc) is 2.30. The summed E-state index contributed by atoms with van der Waals surface area (Å²) in [7, 11) is 0. The summed E-state index contributed by atoms with van der Waals surface area (Å²) in [5, 5.41) is 2.85. The number of benzene rings is 1. The monoisotopic (exact) mass is 242 g/mol. The largest absolute Gasteiger partial charge is 0.329 e. The summed E-state index contributed by atoms with van der Waals surface area (Å²) in [6.45, 7) is 2.03. The lowest BCUT2D eigenvalue weighted by molar-refractivity contribution is 0.474. The van der Waals surface area contributed by atoms with Crippen LogP contribution in [0.15, 0.2) is 12.1 Å². The lowest BCUT2D eigenvalue weighted by Gasteiger charge is -2.16. The van der Waals surface area contributed by atoms with Crippen LogP contribution >= 0.6 is 0 Å². The molecule has 17 heavy (non-hydrogen) atoms. The topological polar surface area (TPSA) is 38.0 Å². The molecule has 0 radical (unpaired) electrons. The zero-order chi connectivity index (χ0) is 12.8. The fourth-order valence-corrected chi connectivity index (χ4v) is 1.39. The molecule has 0 aliphatic carbocycles. The second kappa shape index (κ2) is 6.28. The maximum atomic E-state index is 13.4. The molecule has 1 unspecified atom stereocenters. The highest BCUT2D eigenvalue weighted by Crippen LogP contribution is 2.19. The molecule has 0 aromatic heterocycles. The SMILES string of the molecule is CC#CCNC(CN)c1cc(F)c(F)cc1F. The predicted octanol–water partition coefficient (Wildman–Crippen LogP) is 1.72. The number of hydrogen-bond acceptors (Lipinski definition) is 2. The third-order valence-electron chi connectivity index (χ3n) is 2.26. The molecule has 0 spiro atoms. The van der Waals surface area contributed by atoms with Crippen molar-refractivity contribution in [2.24, 2.45) is 5.73 Å². The second-order valence-electron chi connectivity index (χ2n) is 3.38. The molecule has 2 nitrogen and oxygen atoms in total. The van der Waals surface area contributed by atoms with Gasteiger partial charge in [-0.3, -0.25) is 5.32 Å². The van der Waals surface area contributed by atoms with Crippen molar-refractivity contribution in [1.82, 2.24) is 5.32 Å². The molecule has 0 aliphatic heterocycles. The molecule has 92 valence electrons. The van der Waals surface area contributed by atoms with Crippen molar-refractivity contribution >= 4 is 0 Å². The fourth-order valence-electron chi connectivity index (χ4n) is 1.39. The van der Waals surface area contributed by atoms with E-state index in [0.717, 1.165) is 6.07 Å². The molecular formula is C12H13F3N2. The van der Waals surface area contributed by atoms with E-state index in [1.807, 2.05) is 0 Å². The first-order valence-electron chi connectivity index (χ1n) is 5.07. The summed E-state index contributed by atoms with van der Waals surface area (Å²) >= 11 is 0. The standard InChI is InChI=1S/C12H13F3N2/c1-2-3-4-17-12(7-16)8-5-10(14)11(15)6-9(8)13/h5-6,12,17H,4,7,16H2,1H3. The van der Waals surface area contributed by atoms with E-state index in [9.17, 15) is 13.2 Å². The molecule has 0 saturated carbocycles. The number of halogens is 3. The van der Waals surface area contributed by atoms with Crippen LogP contribution in [0.3, 0.4) is 0 Å². The molecular weight excluding hydrogens is 229 g/mol. The third-order valence-corrected chi connectivity index (χ3v) is 2.26. The smallest absolute Gasteiger partial charge is 0.161 e. The van der Waals surface area contributed by atoms with Crippen LogP contribution in [0, 0.1) is 29.3 Å². The Hall–Kier alpha value is -1.51. The third kappa shape index (κ3) is 3.48. The first kappa shape index (κ1) is 13.6. The first-order chi connectivity index (χ1) is 8.10. The lowest BCUT2D eigenvalue weighted by atomic mass is 10.1. The highest BCUT2D eigenvalue weighted by atomic mass is 19.2. The van der Waals surface area contributed by atoms with Crippen molar-refractivity contribution in [3.63, 3.8) is 0 Å². The van der Waals surface area contributed by atoms with Crippen molar-refractivity contribution < 1.29 is 13.2 Å². The van der Waals surface area contributed by atoms with Gasteiger partial charge in [-0.15, -0.1) is 5.92 Å². The van der Waals surface area contributed by atoms with E-state index in [4.69, 9.17) is 5.73 Å². The highest BCUT2D eigenvalue weighted by molar-refractivity contribution is 5.24. The zero-order valence-corrected chi connectivity index (χ0v) is 9.36. The Morgan fingerprint density at radius 1 is 1.24 bits per heavy atom. The Morgan fingerprint density at radius 2 is 1.88 bits per heavy atom. The van der Waals surface area contributed by atoms with E-state index in [1.165, 1.54) is 0 Å². The van der Waals surface area contributed by atoms with E-state index < -0.39 is 23.5 Å². The van der Waals surface area contributed by atoms with Gasteiger partial charge in [0.2, 0.25) is 0 Å². The Bertz CT molecular complexity index is 449. The molecule has 1 aromatic rings. The molecule has 0 saturated heterocycles. The summed E-state index contributed by atoms with van der Waals surface area (Å²) in [6.07, 6.45) is 0. The molecule has 1 aromatic carbocycles. The molecule has 1 rings (SSSR count). The zero-order valence-electron chi connectivity index (χ0n) is 9.36. The summed E-state index contributed by atoms with van der Waals surface area (Å²) in [4.78, 5) is 0. The quantitative estimate of drug-likeness (QED) is 0.623. The molecule has 0 fully saturated rings. The van der Waals surface area contributed by atoms with Gasteiger partial charge in [0.25, 0.3) is 0 Å². The van der Waals surface area contributed by atoms with Crippen molar-refractivity contribution in [3.05, 3.63) is 35.1 Å². The van der Waals surface area contributed by atoms with E-state index in [1.54, 1.807) is 6.92 Å². The molecule has 0 heterocycles. The number of nitrogens with two attached hydrogens (primary N) is 1. The van der Waals surface area contributed by atoms with E-state index in [2.05, 4.69) is 17.2 Å². The Labute approximate surface area is 98.0 Å². The van der Waals surface area contributed by atoms with Crippen molar-refractivity contribution in [2.45, 2.75) is 13.0 Å². The number of hydrogen-bond donors (Lipinski definition) is 2. The van der Waals surface area contributed by atoms with E-state index >= 15 is 0 Å². The van der Waals surface area contributed by atoms with Gasteiger partial charge in [0.15, 0.2) is 11.6 Å². The molecule has 0 bridgehead atoms. The van der Waals surface area contributed by atoms with Crippen LogP contribution in [0.2, 0.25) is 0 Å². The first-order valence-corrected chi connectivity index (χ1v) is 5.07. The summed E-state index contributed by atoms with van der Waals surface area (Å²) < 4.78 is 39.2. The summed E-state index contributed by atoms with van der Waals surface area (Å²) in [5.41, 5.74) is 5.45. The van der Waals surface area contributed by atoms with Gasteiger partial charge in [-0.25, -0.2) is 13.2 Å².